The first-order valence-corrected chi connectivity index (χ1v) is 4.13. The third kappa shape index (κ3) is 4.20. The van der Waals surface area contributed by atoms with Gasteiger partial charge in [0.05, 0.1) is 11.0 Å². The average molecular weight is 284 g/mol. The van der Waals surface area contributed by atoms with E-state index in [9.17, 15) is 9.90 Å². The van der Waals surface area contributed by atoms with Crippen molar-refractivity contribution < 1.29 is 31.7 Å². The molecule has 80 valence electrons. The second-order valence-electron chi connectivity index (χ2n) is 2.24. The summed E-state index contributed by atoms with van der Waals surface area (Å²) >= 11 is 11.3. The minimum absolute atomic E-state index is 0. The molecule has 0 radical (unpaired) electrons. The van der Waals surface area contributed by atoms with Crippen molar-refractivity contribution in [1.29, 1.82) is 0 Å². The van der Waals surface area contributed by atoms with Gasteiger partial charge in [-0.1, -0.05) is 23.2 Å². The third-order valence-electron chi connectivity index (χ3n) is 1.24. The minimum Gasteiger partial charge on any atom is -0.546 e. The van der Waals surface area contributed by atoms with Crippen molar-refractivity contribution in [2.45, 2.75) is 0 Å². The number of carbonyl (C=O) groups is 1. The molecule has 0 aromatic heterocycles. The summed E-state index contributed by atoms with van der Waals surface area (Å²) in [5.41, 5.74) is 0. The van der Waals surface area contributed by atoms with Crippen LogP contribution in [0, 0.1) is 0 Å². The molecule has 6 heteroatoms. The Morgan fingerprint density at radius 1 is 1.43 bits per heavy atom. The third-order valence-corrected chi connectivity index (χ3v) is 1.77. The number of halogens is 2. The molecule has 0 N–H and O–H groups in total. The molecule has 1 aromatic rings. The maximum atomic E-state index is 10.0. The van der Waals surface area contributed by atoms with Gasteiger partial charge in [0.25, 0.3) is 0 Å². The zero-order valence-corrected chi connectivity index (χ0v) is 9.17. The van der Waals surface area contributed by atoms with E-state index in [0.29, 0.717) is 5.02 Å². The number of hydrogen-bond acceptors (Lipinski definition) is 3. The van der Waals surface area contributed by atoms with Gasteiger partial charge in [0.1, 0.15) is 12.4 Å². The van der Waals surface area contributed by atoms with Gasteiger partial charge >= 0.3 is 17.1 Å². The predicted molar refractivity (Wildman–Crippen MR) is 47.0 cm³/mol. The van der Waals surface area contributed by atoms with Gasteiger partial charge in [0.2, 0.25) is 0 Å². The van der Waals surface area contributed by atoms with Gasteiger partial charge in [-0.3, -0.25) is 0 Å². The van der Waals surface area contributed by atoms with Crippen LogP contribution in [0.2, 0.25) is 10.0 Å². The largest absolute Gasteiger partial charge is 1.00 e. The summed E-state index contributed by atoms with van der Waals surface area (Å²) in [4.78, 5) is 10.0. The summed E-state index contributed by atoms with van der Waals surface area (Å²) in [6.45, 7) is -0.526. The van der Waals surface area contributed by atoms with Gasteiger partial charge in [-0.05, 0) is 18.2 Å². The molecule has 0 aliphatic carbocycles. The quantitative estimate of drug-likeness (QED) is 0.781. The summed E-state index contributed by atoms with van der Waals surface area (Å²) in [6.07, 6.45) is 0. The van der Waals surface area contributed by atoms with E-state index in [1.54, 1.807) is 6.07 Å². The van der Waals surface area contributed by atoms with Crippen LogP contribution in [-0.4, -0.2) is 12.6 Å². The van der Waals surface area contributed by atoms with Crippen molar-refractivity contribution in [2.75, 3.05) is 6.61 Å². The first-order chi connectivity index (χ1) is 6.09. The Hall–Kier alpha value is -0.411. The molecule has 1 aromatic carbocycles. The van der Waals surface area contributed by atoms with Gasteiger partial charge in [0.15, 0.2) is 0 Å². The second kappa shape index (κ2) is 6.14. The molecule has 1 rings (SSSR count). The van der Waals surface area contributed by atoms with Crippen LogP contribution in [0.1, 0.15) is 0 Å². The van der Waals surface area contributed by atoms with Gasteiger partial charge in [-0.15, -0.1) is 0 Å². The van der Waals surface area contributed by atoms with E-state index in [0.717, 1.165) is 0 Å². The summed E-state index contributed by atoms with van der Waals surface area (Å²) in [6, 6.07) is 4.51. The van der Waals surface area contributed by atoms with Crippen LogP contribution in [0.3, 0.4) is 0 Å². The van der Waals surface area contributed by atoms with Gasteiger partial charge < -0.3 is 14.6 Å². The number of aliphatic carboxylic acids is 1. The van der Waals surface area contributed by atoms with Gasteiger partial charge in [-0.25, -0.2) is 0 Å². The number of ether oxygens (including phenoxy) is 1. The van der Waals surface area contributed by atoms with Crippen LogP contribution in [-0.2, 0) is 21.9 Å². The maximum absolute atomic E-state index is 10.0. The Bertz CT molecular complexity index is 330. The average Bonchev–Trinajstić information content (AvgIpc) is 2.02. The van der Waals surface area contributed by atoms with E-state index >= 15 is 0 Å². The molecule has 0 spiro atoms. The van der Waals surface area contributed by atoms with E-state index in [1.165, 1.54) is 12.1 Å². The molecule has 0 fully saturated rings. The monoisotopic (exact) mass is 282 g/mol. The fourth-order valence-electron chi connectivity index (χ4n) is 0.729. The summed E-state index contributed by atoms with van der Waals surface area (Å²) < 4.78 is 4.80. The summed E-state index contributed by atoms with van der Waals surface area (Å²) in [5, 5.41) is 10.8. The van der Waals surface area contributed by atoms with E-state index in [1.807, 2.05) is 0 Å². The number of rotatable bonds is 3. The molecular formula is C8H5Cl2CuO3. The molecule has 0 aliphatic rings. The number of benzene rings is 1. The van der Waals surface area contributed by atoms with Crippen LogP contribution in [0.15, 0.2) is 18.2 Å². The van der Waals surface area contributed by atoms with Crippen LogP contribution in [0.5, 0.6) is 5.75 Å². The normalized spacial score (nSPS) is 9.00. The fourth-order valence-corrected chi connectivity index (χ4v) is 1.19. The van der Waals surface area contributed by atoms with Crippen molar-refractivity contribution in [3.05, 3.63) is 28.2 Å². The Balaban J connectivity index is 0.00000169. The first-order valence-electron chi connectivity index (χ1n) is 3.37. The molecule has 0 amide bonds. The fraction of sp³-hybridized carbons (Fsp3) is 0.125. The van der Waals surface area contributed by atoms with Crippen molar-refractivity contribution in [1.82, 2.24) is 0 Å². The molecule has 14 heavy (non-hydrogen) atoms. The van der Waals surface area contributed by atoms with Gasteiger partial charge in [0, 0.05) is 5.02 Å². The molecule has 0 unspecified atom stereocenters. The van der Waals surface area contributed by atoms with Crippen molar-refractivity contribution in [3.63, 3.8) is 0 Å². The SMILES string of the molecule is O=C([O-])COc1ccc(Cl)cc1Cl.[Cu+]. The molecular weight excluding hydrogens is 279 g/mol. The Labute approximate surface area is 101 Å². The number of carbonyl (C=O) groups excluding carboxylic acids is 1. The Morgan fingerprint density at radius 2 is 2.07 bits per heavy atom. The van der Waals surface area contributed by atoms with E-state index in [-0.39, 0.29) is 27.8 Å². The zero-order chi connectivity index (χ0) is 9.84. The smallest absolute Gasteiger partial charge is 0.546 e. The van der Waals surface area contributed by atoms with Crippen molar-refractivity contribution in [3.8, 4) is 5.75 Å². The van der Waals surface area contributed by atoms with E-state index in [2.05, 4.69) is 0 Å². The van der Waals surface area contributed by atoms with Crippen molar-refractivity contribution in [2.24, 2.45) is 0 Å². The van der Waals surface area contributed by atoms with Crippen molar-refractivity contribution >= 4 is 29.2 Å². The molecule has 0 aliphatic heterocycles. The van der Waals surface area contributed by atoms with Crippen LogP contribution >= 0.6 is 23.2 Å². The molecule has 3 nitrogen and oxygen atoms in total. The predicted octanol–water partition coefficient (Wildman–Crippen LogP) is 1.12. The van der Waals surface area contributed by atoms with Crippen LogP contribution in [0.25, 0.3) is 0 Å². The van der Waals surface area contributed by atoms with E-state index in [4.69, 9.17) is 27.9 Å². The first kappa shape index (κ1) is 13.6. The van der Waals surface area contributed by atoms with Gasteiger partial charge in [-0.2, -0.15) is 0 Å². The summed E-state index contributed by atoms with van der Waals surface area (Å²) in [5.74, 6) is -1.03. The minimum atomic E-state index is -1.30. The maximum Gasteiger partial charge on any atom is 1.00 e. The topological polar surface area (TPSA) is 49.4 Å². The van der Waals surface area contributed by atoms with Crippen LogP contribution < -0.4 is 9.84 Å². The zero-order valence-electron chi connectivity index (χ0n) is 6.72. The Kier molecular flexibility index (Phi) is 5.96. The number of carboxylic acids is 1. The standard InChI is InChI=1S/C8H6Cl2O3.Cu/c9-5-1-2-7(6(10)3-5)13-4-8(11)12;/h1-3H,4H2,(H,11,12);/q;+1/p-1. The Morgan fingerprint density at radius 3 is 2.57 bits per heavy atom. The number of hydrogen-bond donors (Lipinski definition) is 0. The second-order valence-corrected chi connectivity index (χ2v) is 3.08. The number of carboxylic acid groups (broad SMARTS) is 1. The van der Waals surface area contributed by atoms with Crippen LogP contribution in [0.4, 0.5) is 0 Å². The molecule has 0 saturated carbocycles. The molecule has 0 heterocycles. The molecule has 0 saturated heterocycles. The molecule has 0 bridgehead atoms. The molecule has 0 atom stereocenters. The summed E-state index contributed by atoms with van der Waals surface area (Å²) in [7, 11) is 0. The van der Waals surface area contributed by atoms with E-state index < -0.39 is 12.6 Å².